The summed E-state index contributed by atoms with van der Waals surface area (Å²) in [6.07, 6.45) is 2.53. The van der Waals surface area contributed by atoms with Crippen LogP contribution in [0.25, 0.3) is 11.0 Å². The zero-order valence-electron chi connectivity index (χ0n) is 19.8. The van der Waals surface area contributed by atoms with Gasteiger partial charge in [0.15, 0.2) is 0 Å². The van der Waals surface area contributed by atoms with Gasteiger partial charge >= 0.3 is 0 Å². The van der Waals surface area contributed by atoms with Gasteiger partial charge in [-0.1, -0.05) is 25.1 Å². The molecule has 0 bridgehead atoms. The number of carbonyl (C=O) groups excluding carboxylic acids is 2. The number of imidazole rings is 1. The van der Waals surface area contributed by atoms with Crippen LogP contribution in [0.5, 0.6) is 0 Å². The lowest BCUT2D eigenvalue weighted by atomic mass is 9.99. The van der Waals surface area contributed by atoms with Crippen LogP contribution in [0.4, 0.5) is 5.69 Å². The minimum Gasteiger partial charge on any atom is -0.341 e. The Labute approximate surface area is 195 Å². The molecule has 3 aromatic rings. The Hall–Kier alpha value is -3.15. The van der Waals surface area contributed by atoms with Crippen LogP contribution in [0.1, 0.15) is 49.1 Å². The molecule has 0 aliphatic carbocycles. The summed E-state index contributed by atoms with van der Waals surface area (Å²) in [6, 6.07) is 14.1. The van der Waals surface area contributed by atoms with Crippen LogP contribution in [0.15, 0.2) is 42.5 Å². The standard InChI is InChI=1S/C27H32N4O2/c1-18-10-12-29(13-11-18)26(33)17-31-24-7-5-4-6-23(24)28-27(31)21-15-25(32)30(16-21)22-9-8-19(2)20(3)14-22/h4-9,14,18,21H,10-13,15-17H2,1-3H3. The molecule has 33 heavy (non-hydrogen) atoms. The second kappa shape index (κ2) is 8.65. The molecule has 1 aromatic heterocycles. The minimum absolute atomic E-state index is 0.0410. The van der Waals surface area contributed by atoms with Gasteiger partial charge in [-0.3, -0.25) is 9.59 Å². The Balaban J connectivity index is 1.44. The molecule has 1 unspecified atom stereocenters. The van der Waals surface area contributed by atoms with Gasteiger partial charge in [0.25, 0.3) is 0 Å². The van der Waals surface area contributed by atoms with E-state index in [1.54, 1.807) is 0 Å². The first-order valence-corrected chi connectivity index (χ1v) is 12.0. The molecule has 6 heteroatoms. The first-order chi connectivity index (χ1) is 15.9. The SMILES string of the molecule is Cc1ccc(N2CC(c3nc4ccccc4n3CC(=O)N3CCC(C)CC3)CC2=O)cc1C. The number of likely N-dealkylation sites (tertiary alicyclic amines) is 1. The molecule has 2 aliphatic rings. The summed E-state index contributed by atoms with van der Waals surface area (Å²) < 4.78 is 2.05. The number of para-hydroxylation sites is 2. The third-order valence-electron chi connectivity index (χ3n) is 7.41. The van der Waals surface area contributed by atoms with E-state index in [-0.39, 0.29) is 24.3 Å². The third kappa shape index (κ3) is 4.14. The molecule has 2 amide bonds. The number of benzene rings is 2. The fraction of sp³-hybridized carbons (Fsp3) is 0.444. The van der Waals surface area contributed by atoms with Crippen LogP contribution >= 0.6 is 0 Å². The predicted octanol–water partition coefficient (Wildman–Crippen LogP) is 4.43. The van der Waals surface area contributed by atoms with Crippen molar-refractivity contribution in [2.24, 2.45) is 5.92 Å². The normalized spacial score (nSPS) is 19.6. The van der Waals surface area contributed by atoms with Crippen molar-refractivity contribution < 1.29 is 9.59 Å². The summed E-state index contributed by atoms with van der Waals surface area (Å²) >= 11 is 0. The molecule has 0 saturated carbocycles. The van der Waals surface area contributed by atoms with Gasteiger partial charge in [-0.05, 0) is 68.0 Å². The maximum atomic E-state index is 13.2. The quantitative estimate of drug-likeness (QED) is 0.598. The Morgan fingerprint density at radius 2 is 1.82 bits per heavy atom. The molecule has 2 saturated heterocycles. The topological polar surface area (TPSA) is 58.4 Å². The number of hydrogen-bond donors (Lipinski definition) is 0. The molecule has 5 rings (SSSR count). The lowest BCUT2D eigenvalue weighted by Gasteiger charge is -2.30. The maximum Gasteiger partial charge on any atom is 0.242 e. The van der Waals surface area contributed by atoms with Crippen LogP contribution in [-0.4, -0.2) is 45.9 Å². The van der Waals surface area contributed by atoms with Crippen LogP contribution in [-0.2, 0) is 16.1 Å². The number of fused-ring (bicyclic) bond motifs is 1. The van der Waals surface area contributed by atoms with Crippen molar-refractivity contribution in [1.29, 1.82) is 0 Å². The summed E-state index contributed by atoms with van der Waals surface area (Å²) in [6.45, 7) is 8.91. The van der Waals surface area contributed by atoms with Crippen molar-refractivity contribution in [1.82, 2.24) is 14.5 Å². The smallest absolute Gasteiger partial charge is 0.242 e. The van der Waals surface area contributed by atoms with E-state index in [0.717, 1.165) is 48.5 Å². The van der Waals surface area contributed by atoms with E-state index in [0.29, 0.717) is 18.9 Å². The summed E-state index contributed by atoms with van der Waals surface area (Å²) in [7, 11) is 0. The highest BCUT2D eigenvalue weighted by molar-refractivity contribution is 5.96. The zero-order chi connectivity index (χ0) is 23.1. The van der Waals surface area contributed by atoms with Gasteiger partial charge in [0.1, 0.15) is 12.4 Å². The van der Waals surface area contributed by atoms with Gasteiger partial charge in [0.2, 0.25) is 11.8 Å². The average molecular weight is 445 g/mol. The van der Waals surface area contributed by atoms with Crippen molar-refractivity contribution in [2.45, 2.75) is 52.5 Å². The molecule has 2 fully saturated rings. The molecule has 2 aromatic carbocycles. The lowest BCUT2D eigenvalue weighted by Crippen LogP contribution is -2.40. The zero-order valence-corrected chi connectivity index (χ0v) is 19.8. The summed E-state index contributed by atoms with van der Waals surface area (Å²) in [5.41, 5.74) is 5.17. The Bertz CT molecular complexity index is 1210. The highest BCUT2D eigenvalue weighted by Crippen LogP contribution is 2.34. The van der Waals surface area contributed by atoms with Gasteiger partial charge in [-0.2, -0.15) is 0 Å². The largest absolute Gasteiger partial charge is 0.341 e. The van der Waals surface area contributed by atoms with Crippen LogP contribution in [0, 0.1) is 19.8 Å². The van der Waals surface area contributed by atoms with E-state index in [1.165, 1.54) is 11.1 Å². The number of anilines is 1. The van der Waals surface area contributed by atoms with Crippen LogP contribution < -0.4 is 4.90 Å². The van der Waals surface area contributed by atoms with E-state index < -0.39 is 0 Å². The van der Waals surface area contributed by atoms with Crippen molar-refractivity contribution >= 4 is 28.5 Å². The van der Waals surface area contributed by atoms with Gasteiger partial charge < -0.3 is 14.4 Å². The molecule has 172 valence electrons. The van der Waals surface area contributed by atoms with E-state index in [4.69, 9.17) is 4.98 Å². The monoisotopic (exact) mass is 444 g/mol. The van der Waals surface area contributed by atoms with Crippen molar-refractivity contribution in [2.75, 3.05) is 24.5 Å². The first kappa shape index (κ1) is 21.7. The molecule has 2 aliphatic heterocycles. The Morgan fingerprint density at radius 1 is 1.06 bits per heavy atom. The third-order valence-corrected chi connectivity index (χ3v) is 7.41. The van der Waals surface area contributed by atoms with Gasteiger partial charge in [0, 0.05) is 37.7 Å². The number of piperidine rings is 1. The molecular formula is C27H32N4O2. The van der Waals surface area contributed by atoms with Crippen molar-refractivity contribution in [3.05, 3.63) is 59.4 Å². The van der Waals surface area contributed by atoms with Crippen LogP contribution in [0.3, 0.4) is 0 Å². The van der Waals surface area contributed by atoms with Gasteiger partial charge in [0.05, 0.1) is 11.0 Å². The first-order valence-electron chi connectivity index (χ1n) is 12.0. The lowest BCUT2D eigenvalue weighted by molar-refractivity contribution is -0.133. The second-order valence-corrected chi connectivity index (χ2v) is 9.78. The molecule has 0 spiro atoms. The number of amides is 2. The molecular weight excluding hydrogens is 412 g/mol. The van der Waals surface area contributed by atoms with Gasteiger partial charge in [-0.15, -0.1) is 0 Å². The number of hydrogen-bond acceptors (Lipinski definition) is 3. The average Bonchev–Trinajstić information content (AvgIpc) is 3.37. The van der Waals surface area contributed by atoms with E-state index in [1.807, 2.05) is 40.1 Å². The van der Waals surface area contributed by atoms with Crippen molar-refractivity contribution in [3.63, 3.8) is 0 Å². The number of aryl methyl sites for hydroxylation is 2. The Kier molecular flexibility index (Phi) is 5.69. The summed E-state index contributed by atoms with van der Waals surface area (Å²) in [4.78, 5) is 35.0. The van der Waals surface area contributed by atoms with Crippen molar-refractivity contribution in [3.8, 4) is 0 Å². The molecule has 3 heterocycles. The minimum atomic E-state index is -0.0410. The number of aromatic nitrogens is 2. The van der Waals surface area contributed by atoms with E-state index in [9.17, 15) is 9.59 Å². The molecule has 0 N–H and O–H groups in total. The Morgan fingerprint density at radius 3 is 2.58 bits per heavy atom. The predicted molar refractivity (Wildman–Crippen MR) is 130 cm³/mol. The second-order valence-electron chi connectivity index (χ2n) is 9.78. The fourth-order valence-corrected chi connectivity index (χ4v) is 5.09. The highest BCUT2D eigenvalue weighted by Gasteiger charge is 2.35. The molecule has 6 nitrogen and oxygen atoms in total. The summed E-state index contributed by atoms with van der Waals surface area (Å²) in [5.74, 6) is 1.73. The van der Waals surface area contributed by atoms with Crippen LogP contribution in [0.2, 0.25) is 0 Å². The number of nitrogens with zero attached hydrogens (tertiary/aromatic N) is 4. The molecule has 1 atom stereocenters. The fourth-order valence-electron chi connectivity index (χ4n) is 5.09. The number of carbonyl (C=O) groups is 2. The maximum absolute atomic E-state index is 13.2. The number of rotatable bonds is 4. The highest BCUT2D eigenvalue weighted by atomic mass is 16.2. The van der Waals surface area contributed by atoms with E-state index >= 15 is 0 Å². The van der Waals surface area contributed by atoms with E-state index in [2.05, 4.69) is 37.5 Å². The molecule has 0 radical (unpaired) electrons. The summed E-state index contributed by atoms with van der Waals surface area (Å²) in [5, 5.41) is 0. The van der Waals surface area contributed by atoms with Gasteiger partial charge in [-0.25, -0.2) is 4.98 Å².